The Kier molecular flexibility index (Phi) is 4.17. The minimum Gasteiger partial charge on any atom is -0.381 e. The highest BCUT2D eigenvalue weighted by atomic mass is 79.9. The summed E-state index contributed by atoms with van der Waals surface area (Å²) < 4.78 is 19.6. The summed E-state index contributed by atoms with van der Waals surface area (Å²) >= 11 is 3.45. The Morgan fingerprint density at radius 3 is 3.00 bits per heavy atom. The van der Waals surface area contributed by atoms with Crippen LogP contribution in [0, 0.1) is 5.82 Å². The molecule has 0 saturated carbocycles. The van der Waals surface area contributed by atoms with Gasteiger partial charge >= 0.3 is 0 Å². The standard InChI is InChI=1S/C13H17BrFNO/c14-12-3-2-11(15)8-10(12)9-13(16)4-1-6-17-7-5-13/h2-3,8H,1,4-7,9,16H2. The van der Waals surface area contributed by atoms with Crippen molar-refractivity contribution >= 4 is 15.9 Å². The predicted molar refractivity (Wildman–Crippen MR) is 69.4 cm³/mol. The average molecular weight is 302 g/mol. The molecule has 0 radical (unpaired) electrons. The SMILES string of the molecule is NC1(Cc2cc(F)ccc2Br)CCCOCC1. The van der Waals surface area contributed by atoms with Gasteiger partial charge in [-0.15, -0.1) is 0 Å². The first-order valence-corrected chi connectivity index (χ1v) is 6.69. The molecule has 1 aliphatic rings. The molecule has 0 spiro atoms. The van der Waals surface area contributed by atoms with Crippen molar-refractivity contribution in [3.63, 3.8) is 0 Å². The first-order valence-electron chi connectivity index (χ1n) is 5.90. The molecule has 1 heterocycles. The summed E-state index contributed by atoms with van der Waals surface area (Å²) in [5.74, 6) is -0.211. The summed E-state index contributed by atoms with van der Waals surface area (Å²) in [6.45, 7) is 1.48. The molecule has 0 aromatic heterocycles. The molecule has 0 amide bonds. The van der Waals surface area contributed by atoms with E-state index >= 15 is 0 Å². The van der Waals surface area contributed by atoms with Crippen molar-refractivity contribution in [1.82, 2.24) is 0 Å². The van der Waals surface area contributed by atoms with Crippen LogP contribution in [-0.4, -0.2) is 18.8 Å². The second-order valence-corrected chi connectivity index (χ2v) is 5.60. The molecular formula is C13H17BrFNO. The molecule has 0 bridgehead atoms. The second kappa shape index (κ2) is 5.46. The Morgan fingerprint density at radius 1 is 1.35 bits per heavy atom. The highest BCUT2D eigenvalue weighted by Gasteiger charge is 2.27. The quantitative estimate of drug-likeness (QED) is 0.911. The van der Waals surface area contributed by atoms with Crippen LogP contribution in [0.5, 0.6) is 0 Å². The van der Waals surface area contributed by atoms with E-state index in [1.807, 2.05) is 0 Å². The van der Waals surface area contributed by atoms with Crippen LogP contribution in [0.3, 0.4) is 0 Å². The van der Waals surface area contributed by atoms with E-state index in [1.165, 1.54) is 6.07 Å². The highest BCUT2D eigenvalue weighted by Crippen LogP contribution is 2.27. The number of ether oxygens (including phenoxy) is 1. The Hall–Kier alpha value is -0.450. The van der Waals surface area contributed by atoms with Gasteiger partial charge in [-0.3, -0.25) is 0 Å². The van der Waals surface area contributed by atoms with Gasteiger partial charge in [-0.25, -0.2) is 4.39 Å². The molecule has 4 heteroatoms. The van der Waals surface area contributed by atoms with Crippen molar-refractivity contribution < 1.29 is 9.13 Å². The zero-order valence-corrected chi connectivity index (χ0v) is 11.3. The minimum atomic E-state index is -0.271. The summed E-state index contributed by atoms with van der Waals surface area (Å²) in [6.07, 6.45) is 3.42. The van der Waals surface area contributed by atoms with E-state index in [2.05, 4.69) is 15.9 Å². The Morgan fingerprint density at radius 2 is 2.18 bits per heavy atom. The Balaban J connectivity index is 2.15. The number of halogens is 2. The molecule has 1 aromatic rings. The third-order valence-electron chi connectivity index (χ3n) is 3.26. The fraction of sp³-hybridized carbons (Fsp3) is 0.538. The van der Waals surface area contributed by atoms with Gasteiger partial charge < -0.3 is 10.5 Å². The van der Waals surface area contributed by atoms with Gasteiger partial charge in [0, 0.05) is 23.2 Å². The van der Waals surface area contributed by atoms with Gasteiger partial charge in [0.05, 0.1) is 0 Å². The summed E-state index contributed by atoms with van der Waals surface area (Å²) in [5.41, 5.74) is 7.06. The van der Waals surface area contributed by atoms with Crippen LogP contribution < -0.4 is 5.73 Å². The lowest BCUT2D eigenvalue weighted by molar-refractivity contribution is 0.139. The number of benzene rings is 1. The molecule has 1 fully saturated rings. The van der Waals surface area contributed by atoms with Crippen LogP contribution in [0.15, 0.2) is 22.7 Å². The lowest BCUT2D eigenvalue weighted by Gasteiger charge is -2.28. The average Bonchev–Trinajstić information content (AvgIpc) is 2.49. The van der Waals surface area contributed by atoms with E-state index in [4.69, 9.17) is 10.5 Å². The monoisotopic (exact) mass is 301 g/mol. The van der Waals surface area contributed by atoms with Crippen LogP contribution in [-0.2, 0) is 11.2 Å². The zero-order valence-electron chi connectivity index (χ0n) is 9.72. The molecule has 94 valence electrons. The molecule has 0 aliphatic carbocycles. The normalized spacial score (nSPS) is 25.6. The van der Waals surface area contributed by atoms with Crippen LogP contribution in [0.2, 0.25) is 0 Å². The van der Waals surface area contributed by atoms with E-state index in [1.54, 1.807) is 12.1 Å². The maximum absolute atomic E-state index is 13.2. The van der Waals surface area contributed by atoms with Crippen molar-refractivity contribution in [1.29, 1.82) is 0 Å². The van der Waals surface area contributed by atoms with E-state index in [0.29, 0.717) is 13.0 Å². The van der Waals surface area contributed by atoms with Gasteiger partial charge in [-0.2, -0.15) is 0 Å². The van der Waals surface area contributed by atoms with Gasteiger partial charge in [0.2, 0.25) is 0 Å². The van der Waals surface area contributed by atoms with E-state index in [0.717, 1.165) is 35.9 Å². The molecule has 1 aliphatic heterocycles. The topological polar surface area (TPSA) is 35.2 Å². The van der Waals surface area contributed by atoms with E-state index in [9.17, 15) is 4.39 Å². The number of nitrogens with two attached hydrogens (primary N) is 1. The largest absolute Gasteiger partial charge is 0.381 e. The fourth-order valence-corrected chi connectivity index (χ4v) is 2.65. The van der Waals surface area contributed by atoms with Crippen LogP contribution in [0.4, 0.5) is 4.39 Å². The number of hydrogen-bond acceptors (Lipinski definition) is 2. The van der Waals surface area contributed by atoms with Gasteiger partial charge in [0.25, 0.3) is 0 Å². The van der Waals surface area contributed by atoms with E-state index < -0.39 is 0 Å². The molecule has 17 heavy (non-hydrogen) atoms. The molecule has 1 aromatic carbocycles. The lowest BCUT2D eigenvalue weighted by atomic mass is 9.85. The molecule has 1 unspecified atom stereocenters. The smallest absolute Gasteiger partial charge is 0.123 e. The first kappa shape index (κ1) is 13.0. The van der Waals surface area contributed by atoms with Gasteiger partial charge in [0.1, 0.15) is 5.82 Å². The molecule has 2 N–H and O–H groups in total. The van der Waals surface area contributed by atoms with Gasteiger partial charge in [0.15, 0.2) is 0 Å². The molecule has 1 saturated heterocycles. The molecule has 2 rings (SSSR count). The Labute approximate surface area is 109 Å². The summed E-state index contributed by atoms with van der Waals surface area (Å²) in [7, 11) is 0. The predicted octanol–water partition coefficient (Wildman–Crippen LogP) is 3.03. The maximum atomic E-state index is 13.2. The highest BCUT2D eigenvalue weighted by molar-refractivity contribution is 9.10. The number of rotatable bonds is 2. The third-order valence-corrected chi connectivity index (χ3v) is 4.03. The van der Waals surface area contributed by atoms with Gasteiger partial charge in [-0.05, 0) is 49.4 Å². The van der Waals surface area contributed by atoms with Crippen molar-refractivity contribution in [3.05, 3.63) is 34.1 Å². The van der Waals surface area contributed by atoms with Gasteiger partial charge in [-0.1, -0.05) is 15.9 Å². The van der Waals surface area contributed by atoms with Crippen molar-refractivity contribution in [2.75, 3.05) is 13.2 Å². The molecule has 2 nitrogen and oxygen atoms in total. The molecular weight excluding hydrogens is 285 g/mol. The summed E-state index contributed by atoms with van der Waals surface area (Å²) in [5, 5.41) is 0. The van der Waals surface area contributed by atoms with Crippen molar-refractivity contribution in [2.24, 2.45) is 5.73 Å². The minimum absolute atomic E-state index is 0.211. The van der Waals surface area contributed by atoms with Crippen molar-refractivity contribution in [3.8, 4) is 0 Å². The van der Waals surface area contributed by atoms with Crippen LogP contribution in [0.25, 0.3) is 0 Å². The fourth-order valence-electron chi connectivity index (χ4n) is 2.26. The van der Waals surface area contributed by atoms with E-state index in [-0.39, 0.29) is 11.4 Å². The summed E-state index contributed by atoms with van der Waals surface area (Å²) in [4.78, 5) is 0. The summed E-state index contributed by atoms with van der Waals surface area (Å²) in [6, 6.07) is 4.75. The molecule has 1 atom stereocenters. The number of hydrogen-bond donors (Lipinski definition) is 1. The van der Waals surface area contributed by atoms with Crippen LogP contribution >= 0.6 is 15.9 Å². The lowest BCUT2D eigenvalue weighted by Crippen LogP contribution is -2.42. The zero-order chi connectivity index (χ0) is 12.3. The third kappa shape index (κ3) is 3.50. The first-order chi connectivity index (χ1) is 8.09. The van der Waals surface area contributed by atoms with Crippen LogP contribution in [0.1, 0.15) is 24.8 Å². The maximum Gasteiger partial charge on any atom is 0.123 e. The second-order valence-electron chi connectivity index (χ2n) is 4.74. The van der Waals surface area contributed by atoms with Crippen molar-refractivity contribution in [2.45, 2.75) is 31.2 Å². The Bertz CT molecular complexity index is 389.